The fraction of sp³-hybridized carbons (Fsp3) is 0.273. The summed E-state index contributed by atoms with van der Waals surface area (Å²) in [5, 5.41) is 19.9. The van der Waals surface area contributed by atoms with E-state index >= 15 is 0 Å². The third-order valence-corrected chi connectivity index (χ3v) is 6.13. The fourth-order valence-electron chi connectivity index (χ4n) is 3.81. The molecule has 0 saturated carbocycles. The summed E-state index contributed by atoms with van der Waals surface area (Å²) >= 11 is 1.17. The topological polar surface area (TPSA) is 96.2 Å². The SMILES string of the molecule is O=C(CSc1nc2ccccc2o1)N=Nc1c(O)n(CN2CCCC2)c2ccccc12. The minimum atomic E-state index is -0.428. The average molecular weight is 436 g/mol. The van der Waals surface area contributed by atoms with Gasteiger partial charge in [0.15, 0.2) is 11.3 Å². The number of hydrogen-bond donors (Lipinski definition) is 1. The number of carbonyl (C=O) groups excluding carboxylic acids is 1. The minimum Gasteiger partial charge on any atom is -0.493 e. The van der Waals surface area contributed by atoms with Gasteiger partial charge in [-0.25, -0.2) is 4.98 Å². The zero-order chi connectivity index (χ0) is 21.2. The Labute approximate surface area is 182 Å². The Morgan fingerprint density at radius 1 is 1.13 bits per heavy atom. The molecule has 0 spiro atoms. The maximum Gasteiger partial charge on any atom is 0.275 e. The molecule has 1 amide bonds. The lowest BCUT2D eigenvalue weighted by atomic mass is 10.2. The fourth-order valence-corrected chi connectivity index (χ4v) is 4.42. The lowest BCUT2D eigenvalue weighted by Gasteiger charge is -2.17. The average Bonchev–Trinajstić information content (AvgIpc) is 3.50. The molecule has 0 aliphatic carbocycles. The number of amides is 1. The number of likely N-dealkylation sites (tertiary alicyclic amines) is 1. The monoisotopic (exact) mass is 435 g/mol. The first-order chi connectivity index (χ1) is 15.2. The minimum absolute atomic E-state index is 0.0243. The van der Waals surface area contributed by atoms with E-state index in [0.717, 1.165) is 29.5 Å². The molecular weight excluding hydrogens is 414 g/mol. The van der Waals surface area contributed by atoms with Crippen molar-refractivity contribution in [3.05, 3.63) is 48.5 Å². The maximum atomic E-state index is 12.3. The van der Waals surface area contributed by atoms with Gasteiger partial charge in [-0.1, -0.05) is 42.1 Å². The third-order valence-electron chi connectivity index (χ3n) is 5.31. The van der Waals surface area contributed by atoms with Crippen molar-refractivity contribution in [1.29, 1.82) is 0 Å². The maximum absolute atomic E-state index is 12.3. The molecule has 31 heavy (non-hydrogen) atoms. The molecule has 1 N–H and O–H groups in total. The van der Waals surface area contributed by atoms with Gasteiger partial charge in [0.25, 0.3) is 11.1 Å². The van der Waals surface area contributed by atoms with Crippen LogP contribution in [0.2, 0.25) is 0 Å². The van der Waals surface area contributed by atoms with Gasteiger partial charge in [-0.2, -0.15) is 0 Å². The van der Waals surface area contributed by atoms with Gasteiger partial charge in [0.2, 0.25) is 5.88 Å². The molecule has 1 fully saturated rings. The van der Waals surface area contributed by atoms with E-state index in [-0.39, 0.29) is 11.6 Å². The molecular formula is C22H21N5O3S. The highest BCUT2D eigenvalue weighted by molar-refractivity contribution is 7.99. The van der Waals surface area contributed by atoms with E-state index in [4.69, 9.17) is 4.42 Å². The Bertz CT molecular complexity index is 1240. The van der Waals surface area contributed by atoms with Crippen molar-refractivity contribution in [2.24, 2.45) is 10.2 Å². The summed E-state index contributed by atoms with van der Waals surface area (Å²) in [6, 6.07) is 15.0. The van der Waals surface area contributed by atoms with Gasteiger partial charge in [-0.15, -0.1) is 10.2 Å². The predicted molar refractivity (Wildman–Crippen MR) is 119 cm³/mol. The van der Waals surface area contributed by atoms with Gasteiger partial charge in [0.05, 0.1) is 17.9 Å². The van der Waals surface area contributed by atoms with E-state index in [1.165, 1.54) is 24.6 Å². The predicted octanol–water partition coefficient (Wildman–Crippen LogP) is 4.94. The molecule has 2 aromatic heterocycles. The van der Waals surface area contributed by atoms with Crippen LogP contribution >= 0.6 is 11.8 Å². The summed E-state index contributed by atoms with van der Waals surface area (Å²) in [6.07, 6.45) is 2.33. The van der Waals surface area contributed by atoms with Gasteiger partial charge >= 0.3 is 0 Å². The van der Waals surface area contributed by atoms with Gasteiger partial charge < -0.3 is 9.52 Å². The van der Waals surface area contributed by atoms with E-state index in [2.05, 4.69) is 20.1 Å². The highest BCUT2D eigenvalue weighted by atomic mass is 32.2. The van der Waals surface area contributed by atoms with Crippen LogP contribution in [0.25, 0.3) is 22.0 Å². The van der Waals surface area contributed by atoms with Crippen molar-refractivity contribution >= 4 is 45.4 Å². The standard InChI is InChI=1S/C22H21N5O3S/c28-19(13-31-22-23-16-8-2-4-10-18(16)30-22)24-25-20-15-7-1-3-9-17(15)27(21(20)29)14-26-11-5-6-12-26/h1-4,7-10,29H,5-6,11-14H2. The number of benzene rings is 2. The lowest BCUT2D eigenvalue weighted by Crippen LogP contribution is -2.22. The molecule has 8 nitrogen and oxygen atoms in total. The summed E-state index contributed by atoms with van der Waals surface area (Å²) in [7, 11) is 0. The van der Waals surface area contributed by atoms with E-state index in [1.54, 1.807) is 0 Å². The summed E-state index contributed by atoms with van der Waals surface area (Å²) in [5.74, 6) is -0.358. The molecule has 0 radical (unpaired) electrons. The first kappa shape index (κ1) is 19.8. The summed E-state index contributed by atoms with van der Waals surface area (Å²) in [4.78, 5) is 18.9. The van der Waals surface area contributed by atoms with Crippen molar-refractivity contribution in [2.75, 3.05) is 18.8 Å². The van der Waals surface area contributed by atoms with Crippen LogP contribution < -0.4 is 0 Å². The quantitative estimate of drug-likeness (QED) is 0.340. The molecule has 158 valence electrons. The molecule has 4 aromatic rings. The van der Waals surface area contributed by atoms with Crippen LogP contribution in [0.15, 0.2) is 68.4 Å². The Kier molecular flexibility index (Phi) is 5.44. The van der Waals surface area contributed by atoms with Gasteiger partial charge in [0, 0.05) is 5.39 Å². The zero-order valence-corrected chi connectivity index (χ0v) is 17.6. The van der Waals surface area contributed by atoms with Crippen molar-refractivity contribution in [2.45, 2.75) is 24.7 Å². The number of hydrogen-bond acceptors (Lipinski definition) is 7. The molecule has 1 aliphatic heterocycles. The van der Waals surface area contributed by atoms with Crippen molar-refractivity contribution in [3.8, 4) is 5.88 Å². The van der Waals surface area contributed by atoms with Crippen molar-refractivity contribution in [1.82, 2.24) is 14.5 Å². The van der Waals surface area contributed by atoms with Crippen molar-refractivity contribution in [3.63, 3.8) is 0 Å². The zero-order valence-electron chi connectivity index (χ0n) is 16.8. The second-order valence-electron chi connectivity index (χ2n) is 7.41. The first-order valence-electron chi connectivity index (χ1n) is 10.1. The van der Waals surface area contributed by atoms with Gasteiger partial charge in [0.1, 0.15) is 5.52 Å². The molecule has 1 saturated heterocycles. The number of fused-ring (bicyclic) bond motifs is 2. The van der Waals surface area contributed by atoms with E-state index in [9.17, 15) is 9.90 Å². The highest BCUT2D eigenvalue weighted by Crippen LogP contribution is 2.39. The first-order valence-corrected chi connectivity index (χ1v) is 11.1. The van der Waals surface area contributed by atoms with E-state index in [0.29, 0.717) is 23.2 Å². The summed E-state index contributed by atoms with van der Waals surface area (Å²) < 4.78 is 7.43. The Morgan fingerprint density at radius 3 is 2.74 bits per heavy atom. The number of rotatable bonds is 6. The number of oxazole rings is 1. The number of para-hydroxylation sites is 3. The normalized spacial score (nSPS) is 15.0. The van der Waals surface area contributed by atoms with Crippen LogP contribution in [0, 0.1) is 0 Å². The Morgan fingerprint density at radius 2 is 1.90 bits per heavy atom. The van der Waals surface area contributed by atoms with Crippen LogP contribution in [0.4, 0.5) is 5.69 Å². The van der Waals surface area contributed by atoms with Crippen LogP contribution in [-0.4, -0.2) is 44.3 Å². The van der Waals surface area contributed by atoms with Gasteiger partial charge in [-0.05, 0) is 44.1 Å². The molecule has 3 heterocycles. The molecule has 9 heteroatoms. The molecule has 2 aromatic carbocycles. The van der Waals surface area contributed by atoms with Crippen LogP contribution in [-0.2, 0) is 11.5 Å². The summed E-state index contributed by atoms with van der Waals surface area (Å²) in [6.45, 7) is 2.60. The van der Waals surface area contributed by atoms with Crippen LogP contribution in [0.1, 0.15) is 12.8 Å². The lowest BCUT2D eigenvalue weighted by molar-refractivity contribution is -0.115. The number of thioether (sulfide) groups is 1. The van der Waals surface area contributed by atoms with E-state index < -0.39 is 5.91 Å². The second kappa shape index (κ2) is 8.52. The molecule has 0 unspecified atom stereocenters. The number of aromatic hydroxyl groups is 1. The molecule has 0 atom stereocenters. The highest BCUT2D eigenvalue weighted by Gasteiger charge is 2.20. The molecule has 1 aliphatic rings. The van der Waals surface area contributed by atoms with Crippen LogP contribution in [0.5, 0.6) is 5.88 Å². The molecule has 0 bridgehead atoms. The third kappa shape index (κ3) is 4.06. The number of nitrogens with zero attached hydrogens (tertiary/aromatic N) is 5. The second-order valence-corrected chi connectivity index (χ2v) is 8.34. The van der Waals surface area contributed by atoms with Gasteiger partial charge in [-0.3, -0.25) is 14.3 Å². The van der Waals surface area contributed by atoms with Crippen molar-refractivity contribution < 1.29 is 14.3 Å². The van der Waals surface area contributed by atoms with Crippen LogP contribution in [0.3, 0.4) is 0 Å². The van der Waals surface area contributed by atoms with E-state index in [1.807, 2.05) is 53.1 Å². The number of azo groups is 1. The Balaban J connectivity index is 1.33. The Hall–Kier alpha value is -3.17. The molecule has 5 rings (SSSR count). The smallest absolute Gasteiger partial charge is 0.275 e. The number of carbonyl (C=O) groups is 1. The number of aromatic nitrogens is 2. The summed E-state index contributed by atoms with van der Waals surface area (Å²) in [5.41, 5.74) is 2.61. The largest absolute Gasteiger partial charge is 0.493 e.